The fourth-order valence-corrected chi connectivity index (χ4v) is 10.4. The number of hydrogen-bond donors (Lipinski definition) is 4. The van der Waals surface area contributed by atoms with Gasteiger partial charge in [0.05, 0.1) is 34.7 Å². The SMILES string of the molecule is C=C(/C=c1/nc([C@@H]2CCCN2)[nH]c1=C)C(=C)C1=C(C(=C)C2=C3C(=C(c4cnc([C@@H]5C[C@H](C)CN5)[nH]4)CC2)CC2CCC32)C2CCC1C2.[HH].[HH].[HH].[HH]. The maximum atomic E-state index is 4.94. The normalized spacial score (nSPS) is 33.2. The molecule has 7 aliphatic rings. The second kappa shape index (κ2) is 11.3. The van der Waals surface area contributed by atoms with Gasteiger partial charge in [-0.2, -0.15) is 0 Å². The Bertz CT molecular complexity index is 1920. The van der Waals surface area contributed by atoms with Gasteiger partial charge in [0.25, 0.3) is 0 Å². The third-order valence-corrected chi connectivity index (χ3v) is 13.0. The van der Waals surface area contributed by atoms with Crippen molar-refractivity contribution in [2.45, 2.75) is 89.6 Å². The summed E-state index contributed by atoms with van der Waals surface area (Å²) in [5.41, 5.74) is 13.8. The highest BCUT2D eigenvalue weighted by Gasteiger charge is 2.47. The molecule has 0 radical (unpaired) electrons. The summed E-state index contributed by atoms with van der Waals surface area (Å²) >= 11 is 0. The second-order valence-electron chi connectivity index (χ2n) is 15.8. The Kier molecular flexibility index (Phi) is 7.13. The molecule has 2 aromatic rings. The second-order valence-corrected chi connectivity index (χ2v) is 15.8. The first-order valence-corrected chi connectivity index (χ1v) is 18.4. The van der Waals surface area contributed by atoms with Gasteiger partial charge >= 0.3 is 0 Å². The molecule has 7 atom stereocenters. The van der Waals surface area contributed by atoms with Crippen LogP contribution in [-0.4, -0.2) is 33.0 Å². The standard InChI is InChI=1S/C41H50N6.4H2/c1-21-15-35(43-19-21)40-44-20-36(47-40)31-13-12-29(39-30-11-10-26(30)18-32(31)39)24(4)38-28-9-8-27(17-28)37(38)23(3)22(2)16-34-25(5)45-41(46-34)33-7-6-14-42-33;;;;/h16,20-21,26-28,30,33,35,42-43H,2-15,17-19H2,1H3,(H,44,47)(H,45,46);4*1H/b34-16+;;;;/t21-,26?,27?,28?,30?,33-,35-;;;;/m0..../s1. The van der Waals surface area contributed by atoms with Crippen LogP contribution in [0.4, 0.5) is 0 Å². The maximum Gasteiger partial charge on any atom is 0.124 e. The minimum atomic E-state index is 0. The van der Waals surface area contributed by atoms with Crippen molar-refractivity contribution in [2.24, 2.45) is 29.6 Å². The van der Waals surface area contributed by atoms with E-state index in [9.17, 15) is 0 Å². The zero-order valence-electron chi connectivity index (χ0n) is 28.1. The molecule has 2 bridgehead atoms. The summed E-state index contributed by atoms with van der Waals surface area (Å²) in [5, 5.41) is 8.94. The quantitative estimate of drug-likeness (QED) is 0.224. The van der Waals surface area contributed by atoms with Gasteiger partial charge < -0.3 is 20.6 Å². The minimum Gasteiger partial charge on any atom is -0.341 e. The smallest absolute Gasteiger partial charge is 0.124 e. The largest absolute Gasteiger partial charge is 0.341 e. The van der Waals surface area contributed by atoms with Crippen molar-refractivity contribution in [3.05, 3.63) is 98.6 Å². The van der Waals surface area contributed by atoms with Gasteiger partial charge in [0.1, 0.15) is 11.6 Å². The van der Waals surface area contributed by atoms with E-state index < -0.39 is 0 Å². The summed E-state index contributed by atoms with van der Waals surface area (Å²) in [6.07, 6.45) is 17.4. The summed E-state index contributed by atoms with van der Waals surface area (Å²) in [6.45, 7) is 22.9. The first-order chi connectivity index (χ1) is 22.8. The fourth-order valence-electron chi connectivity index (χ4n) is 10.4. The number of nitrogens with zero attached hydrogens (tertiary/aromatic N) is 2. The highest BCUT2D eigenvalue weighted by Crippen LogP contribution is 2.61. The molecule has 4 N–H and O–H groups in total. The molecule has 0 spiro atoms. The molecule has 47 heavy (non-hydrogen) atoms. The lowest BCUT2D eigenvalue weighted by Gasteiger charge is -2.34. The van der Waals surface area contributed by atoms with Gasteiger partial charge in [-0.1, -0.05) is 33.2 Å². The van der Waals surface area contributed by atoms with Crippen molar-refractivity contribution in [3.8, 4) is 0 Å². The van der Waals surface area contributed by atoms with Gasteiger partial charge in [0.2, 0.25) is 0 Å². The molecule has 2 aromatic heterocycles. The highest BCUT2D eigenvalue weighted by atomic mass is 15.0. The molecule has 3 saturated carbocycles. The van der Waals surface area contributed by atoms with Gasteiger partial charge in [-0.25, -0.2) is 9.97 Å². The molecule has 5 aliphatic carbocycles. The topological polar surface area (TPSA) is 81.4 Å². The van der Waals surface area contributed by atoms with Gasteiger partial charge in [-0.15, -0.1) is 0 Å². The van der Waals surface area contributed by atoms with Crippen molar-refractivity contribution in [2.75, 3.05) is 13.1 Å². The molecule has 252 valence electrons. The zero-order valence-corrected chi connectivity index (χ0v) is 28.1. The molecule has 9 rings (SSSR count). The van der Waals surface area contributed by atoms with E-state index >= 15 is 0 Å². The van der Waals surface area contributed by atoms with Crippen LogP contribution in [0.25, 0.3) is 18.2 Å². The summed E-state index contributed by atoms with van der Waals surface area (Å²) in [6, 6.07) is 0.636. The van der Waals surface area contributed by atoms with E-state index in [1.807, 2.05) is 0 Å². The van der Waals surface area contributed by atoms with E-state index in [4.69, 9.17) is 23.1 Å². The number of hydrogen-bond acceptors (Lipinski definition) is 4. The summed E-state index contributed by atoms with van der Waals surface area (Å²) in [5.74, 6) is 5.42. The average molecular weight is 635 g/mol. The van der Waals surface area contributed by atoms with Crippen molar-refractivity contribution < 1.29 is 5.71 Å². The number of nitrogens with one attached hydrogen (secondary N) is 4. The van der Waals surface area contributed by atoms with Gasteiger partial charge in [0, 0.05) is 5.71 Å². The minimum absolute atomic E-state index is 0. The molecule has 4 heterocycles. The molecule has 6 nitrogen and oxygen atoms in total. The van der Waals surface area contributed by atoms with Gasteiger partial charge in [-0.3, -0.25) is 0 Å². The predicted octanol–water partition coefficient (Wildman–Crippen LogP) is 7.77. The molecule has 6 heteroatoms. The van der Waals surface area contributed by atoms with E-state index in [2.05, 4.69) is 53.0 Å². The Morgan fingerprint density at radius 2 is 1.77 bits per heavy atom. The van der Waals surface area contributed by atoms with Crippen molar-refractivity contribution in [1.29, 1.82) is 0 Å². The monoisotopic (exact) mass is 634 g/mol. The van der Waals surface area contributed by atoms with Crippen LogP contribution in [0.1, 0.15) is 113 Å². The van der Waals surface area contributed by atoms with Crippen LogP contribution in [0.2, 0.25) is 0 Å². The van der Waals surface area contributed by atoms with Crippen LogP contribution in [0.15, 0.2) is 70.5 Å². The number of fused-ring (bicyclic) bond motifs is 5. The number of rotatable bonds is 8. The zero-order chi connectivity index (χ0) is 32.0. The Hall–Kier alpha value is -3.48. The Labute approximate surface area is 285 Å². The molecular weight excluding hydrogens is 576 g/mol. The van der Waals surface area contributed by atoms with E-state index in [-0.39, 0.29) is 11.7 Å². The highest BCUT2D eigenvalue weighted by molar-refractivity contribution is 5.77. The van der Waals surface area contributed by atoms with Crippen molar-refractivity contribution in [1.82, 2.24) is 30.6 Å². The number of allylic oxidation sites excluding steroid dienone is 9. The van der Waals surface area contributed by atoms with Crippen LogP contribution in [0.5, 0.6) is 0 Å². The van der Waals surface area contributed by atoms with E-state index in [1.165, 1.54) is 72.9 Å². The van der Waals surface area contributed by atoms with Gasteiger partial charge in [0.15, 0.2) is 0 Å². The van der Waals surface area contributed by atoms with Crippen LogP contribution < -0.4 is 21.3 Å². The summed E-state index contributed by atoms with van der Waals surface area (Å²) in [4.78, 5) is 17.0. The van der Waals surface area contributed by atoms with Crippen molar-refractivity contribution in [3.63, 3.8) is 0 Å². The van der Waals surface area contributed by atoms with E-state index in [1.54, 1.807) is 16.7 Å². The first-order valence-electron chi connectivity index (χ1n) is 18.4. The lowest BCUT2D eigenvalue weighted by atomic mass is 9.70. The predicted molar refractivity (Wildman–Crippen MR) is 199 cm³/mol. The first kappa shape index (κ1) is 29.6. The molecule has 0 aromatic carbocycles. The average Bonchev–Trinajstić information content (AvgIpc) is 3.89. The molecule has 4 unspecified atom stereocenters. The Balaban J connectivity index is 0.00000126. The molecule has 5 fully saturated rings. The van der Waals surface area contributed by atoms with Crippen LogP contribution in [0, 0.1) is 29.6 Å². The lowest BCUT2D eigenvalue weighted by molar-refractivity contribution is 0.248. The van der Waals surface area contributed by atoms with Crippen molar-refractivity contribution >= 4 is 18.2 Å². The van der Waals surface area contributed by atoms with E-state index in [0.717, 1.165) is 78.2 Å². The van der Waals surface area contributed by atoms with Gasteiger partial charge in [-0.05, 0) is 170 Å². The third-order valence-electron chi connectivity index (χ3n) is 13.0. The Morgan fingerprint density at radius 1 is 0.915 bits per heavy atom. The summed E-state index contributed by atoms with van der Waals surface area (Å²) < 4.78 is 0. The van der Waals surface area contributed by atoms with Crippen LogP contribution >= 0.6 is 0 Å². The van der Waals surface area contributed by atoms with Crippen LogP contribution in [0.3, 0.4) is 0 Å². The maximum absolute atomic E-state index is 4.94. The number of imidazole rings is 2. The molecule has 2 aliphatic heterocycles. The van der Waals surface area contributed by atoms with E-state index in [0.29, 0.717) is 29.7 Å². The molecule has 2 saturated heterocycles. The Morgan fingerprint density at radius 3 is 2.51 bits per heavy atom. The summed E-state index contributed by atoms with van der Waals surface area (Å²) in [7, 11) is 0. The number of H-pyrrole nitrogens is 2. The van der Waals surface area contributed by atoms with Crippen LogP contribution in [-0.2, 0) is 0 Å². The number of aromatic nitrogens is 4. The number of aromatic amines is 2. The lowest BCUT2D eigenvalue weighted by Crippen LogP contribution is -2.23. The fraction of sp³-hybridized carbons (Fsp3) is 0.512. The molecular formula is C41H58N6. The third kappa shape index (κ3) is 4.81. The molecule has 0 amide bonds.